The molecule has 0 radical (unpaired) electrons. The van der Waals surface area contributed by atoms with E-state index in [9.17, 15) is 0 Å². The molecule has 0 saturated carbocycles. The molecule has 6 nitrogen and oxygen atoms in total. The molecular formula is C63H40N6. The van der Waals surface area contributed by atoms with Gasteiger partial charge in [0.1, 0.15) is 0 Å². The maximum Gasteiger partial charge on any atom is 0.238 e. The van der Waals surface area contributed by atoms with Crippen LogP contribution in [-0.4, -0.2) is 28.7 Å². The highest BCUT2D eigenvalue weighted by Crippen LogP contribution is 2.46. The smallest absolute Gasteiger partial charge is 0.238 e. The Balaban J connectivity index is 1.08. The van der Waals surface area contributed by atoms with Crippen LogP contribution >= 0.6 is 0 Å². The molecule has 69 heavy (non-hydrogen) atoms. The fourth-order valence-electron chi connectivity index (χ4n) is 10.6. The Kier molecular flexibility index (Phi) is 8.79. The third-order valence-corrected chi connectivity index (χ3v) is 13.7. The molecule has 322 valence electrons. The minimum Gasteiger partial charge on any atom is -0.309 e. The number of hydrogen-bond donors (Lipinski definition) is 0. The van der Waals surface area contributed by atoms with Crippen LogP contribution in [0.1, 0.15) is 0 Å². The van der Waals surface area contributed by atoms with Gasteiger partial charge in [-0.2, -0.15) is 9.97 Å². The molecule has 10 aromatic carbocycles. The van der Waals surface area contributed by atoms with Crippen LogP contribution in [0.5, 0.6) is 0 Å². The molecule has 0 aliphatic carbocycles. The lowest BCUT2D eigenvalue weighted by atomic mass is 9.98. The third kappa shape index (κ3) is 6.16. The summed E-state index contributed by atoms with van der Waals surface area (Å²) >= 11 is 0. The summed E-state index contributed by atoms with van der Waals surface area (Å²) < 4.78 is 7.17. The molecule has 0 atom stereocenters. The van der Waals surface area contributed by atoms with E-state index in [0.29, 0.717) is 17.6 Å². The number of nitrogens with zero attached hydrogens (tertiary/aromatic N) is 6. The van der Waals surface area contributed by atoms with E-state index in [-0.39, 0.29) is 0 Å². The summed E-state index contributed by atoms with van der Waals surface area (Å²) in [5, 5.41) is 6.90. The van der Waals surface area contributed by atoms with Crippen LogP contribution in [0.2, 0.25) is 0 Å². The normalized spacial score (nSPS) is 11.8. The predicted molar refractivity (Wildman–Crippen MR) is 285 cm³/mol. The summed E-state index contributed by atoms with van der Waals surface area (Å²) in [6.45, 7) is 0. The molecule has 0 N–H and O–H groups in total. The molecule has 14 rings (SSSR count). The van der Waals surface area contributed by atoms with E-state index in [0.717, 1.165) is 88.3 Å². The molecule has 4 aromatic heterocycles. The number of benzene rings is 10. The SMILES string of the molecule is c1ccc(-c2cccc(-c3ccc(-c4nc(-c5ccccc5)nc(-n5c6ccccc6c6c(-n7c8ccccc8c8ccccc87)cc7c(c8ccccc8n7-c7ccccc7)c65)n4)cc3)c2)cc1. The van der Waals surface area contributed by atoms with Crippen molar-refractivity contribution in [2.45, 2.75) is 0 Å². The van der Waals surface area contributed by atoms with Gasteiger partial charge in [0.25, 0.3) is 0 Å². The molecular weight excluding hydrogens is 841 g/mol. The summed E-state index contributed by atoms with van der Waals surface area (Å²) in [4.78, 5) is 16.2. The molecule has 4 heterocycles. The van der Waals surface area contributed by atoms with Gasteiger partial charge in [-0.3, -0.25) is 4.57 Å². The van der Waals surface area contributed by atoms with Gasteiger partial charge in [0.05, 0.1) is 38.8 Å². The molecule has 0 amide bonds. The number of para-hydroxylation sites is 5. The summed E-state index contributed by atoms with van der Waals surface area (Å²) in [6.07, 6.45) is 0. The van der Waals surface area contributed by atoms with Gasteiger partial charge < -0.3 is 9.13 Å². The fourth-order valence-corrected chi connectivity index (χ4v) is 10.6. The summed E-state index contributed by atoms with van der Waals surface area (Å²) in [5.41, 5.74) is 15.1. The molecule has 0 saturated heterocycles. The summed E-state index contributed by atoms with van der Waals surface area (Å²) in [6, 6.07) is 86.2. The van der Waals surface area contributed by atoms with Gasteiger partial charge in [-0.25, -0.2) is 4.98 Å². The van der Waals surface area contributed by atoms with Crippen molar-refractivity contribution in [2.24, 2.45) is 0 Å². The molecule has 6 heteroatoms. The maximum absolute atomic E-state index is 5.50. The lowest BCUT2D eigenvalue weighted by molar-refractivity contribution is 0.955. The number of fused-ring (bicyclic) bond motifs is 10. The minimum absolute atomic E-state index is 0.543. The van der Waals surface area contributed by atoms with Crippen molar-refractivity contribution < 1.29 is 0 Å². The van der Waals surface area contributed by atoms with Crippen LogP contribution in [0.4, 0.5) is 0 Å². The second kappa shape index (κ2) is 15.6. The molecule has 0 aliphatic heterocycles. The van der Waals surface area contributed by atoms with Crippen LogP contribution in [-0.2, 0) is 0 Å². The van der Waals surface area contributed by atoms with Crippen molar-refractivity contribution >= 4 is 65.4 Å². The molecule has 0 bridgehead atoms. The van der Waals surface area contributed by atoms with Crippen molar-refractivity contribution in [3.8, 4) is 62.4 Å². The third-order valence-electron chi connectivity index (χ3n) is 13.7. The van der Waals surface area contributed by atoms with Gasteiger partial charge >= 0.3 is 0 Å². The van der Waals surface area contributed by atoms with Crippen LogP contribution in [0, 0.1) is 0 Å². The summed E-state index contributed by atoms with van der Waals surface area (Å²) in [7, 11) is 0. The average molecular weight is 881 g/mol. The minimum atomic E-state index is 0.543. The maximum atomic E-state index is 5.50. The molecule has 0 fully saturated rings. The standard InChI is InChI=1S/C63H40N6/c1-4-19-41(20-5-1)45-23-18-24-46(39-45)42-35-37-44(38-36-42)62-64-61(43-21-6-2-7-22-43)65-63(66-62)69-55-34-17-13-30-51(55)59-57(68-52-31-14-10-27-48(52)49-28-11-15-32-53(49)68)40-56-58(60(59)69)50-29-12-16-33-54(50)67(56)47-25-8-3-9-26-47/h1-40H. The first-order valence-electron chi connectivity index (χ1n) is 23.4. The van der Waals surface area contributed by atoms with Crippen LogP contribution in [0.15, 0.2) is 243 Å². The van der Waals surface area contributed by atoms with Gasteiger partial charge in [0.15, 0.2) is 11.6 Å². The Hall–Kier alpha value is -9.39. The average Bonchev–Trinajstić information content (AvgIpc) is 4.07. The highest BCUT2D eigenvalue weighted by atomic mass is 15.2. The molecule has 14 aromatic rings. The second-order valence-electron chi connectivity index (χ2n) is 17.6. The van der Waals surface area contributed by atoms with Gasteiger partial charge in [0.2, 0.25) is 5.95 Å². The quantitative estimate of drug-likeness (QED) is 0.160. The molecule has 0 unspecified atom stereocenters. The first-order valence-corrected chi connectivity index (χ1v) is 23.4. The van der Waals surface area contributed by atoms with E-state index in [1.807, 2.05) is 18.2 Å². The highest BCUT2D eigenvalue weighted by Gasteiger charge is 2.27. The molecule has 0 aliphatic rings. The van der Waals surface area contributed by atoms with Gasteiger partial charge in [-0.1, -0.05) is 194 Å². The number of hydrogen-bond acceptors (Lipinski definition) is 3. The zero-order chi connectivity index (χ0) is 45.4. The van der Waals surface area contributed by atoms with E-state index in [1.165, 1.54) is 21.9 Å². The van der Waals surface area contributed by atoms with Crippen molar-refractivity contribution in [2.75, 3.05) is 0 Å². The van der Waals surface area contributed by atoms with E-state index in [4.69, 9.17) is 15.0 Å². The van der Waals surface area contributed by atoms with Crippen LogP contribution < -0.4 is 0 Å². The van der Waals surface area contributed by atoms with Crippen LogP contribution in [0.25, 0.3) is 128 Å². The fraction of sp³-hybridized carbons (Fsp3) is 0. The first kappa shape index (κ1) is 38.8. The van der Waals surface area contributed by atoms with E-state index in [1.54, 1.807) is 0 Å². The lowest BCUT2D eigenvalue weighted by Crippen LogP contribution is -2.07. The van der Waals surface area contributed by atoms with Crippen molar-refractivity contribution in [1.29, 1.82) is 0 Å². The second-order valence-corrected chi connectivity index (χ2v) is 17.6. The van der Waals surface area contributed by atoms with Crippen molar-refractivity contribution in [3.05, 3.63) is 243 Å². The van der Waals surface area contributed by atoms with Gasteiger partial charge in [-0.05, 0) is 70.8 Å². The molecule has 0 spiro atoms. The van der Waals surface area contributed by atoms with E-state index < -0.39 is 0 Å². The zero-order valence-corrected chi connectivity index (χ0v) is 37.3. The number of aromatic nitrogens is 6. The van der Waals surface area contributed by atoms with E-state index in [2.05, 4.69) is 238 Å². The Morgan fingerprint density at radius 2 is 0.681 bits per heavy atom. The Labute approximate surface area is 397 Å². The predicted octanol–water partition coefficient (Wildman–Crippen LogP) is 15.8. The van der Waals surface area contributed by atoms with Gasteiger partial charge in [-0.15, -0.1) is 0 Å². The first-order chi connectivity index (χ1) is 34.2. The lowest BCUT2D eigenvalue weighted by Gasteiger charge is -2.15. The Morgan fingerprint density at radius 3 is 1.28 bits per heavy atom. The Morgan fingerprint density at radius 1 is 0.261 bits per heavy atom. The largest absolute Gasteiger partial charge is 0.309 e. The van der Waals surface area contributed by atoms with Crippen LogP contribution in [0.3, 0.4) is 0 Å². The van der Waals surface area contributed by atoms with Crippen molar-refractivity contribution in [3.63, 3.8) is 0 Å². The Bertz CT molecular complexity index is 4230. The highest BCUT2D eigenvalue weighted by molar-refractivity contribution is 6.29. The number of rotatable bonds is 7. The monoisotopic (exact) mass is 880 g/mol. The van der Waals surface area contributed by atoms with Gasteiger partial charge in [0, 0.05) is 49.1 Å². The van der Waals surface area contributed by atoms with E-state index >= 15 is 0 Å². The topological polar surface area (TPSA) is 53.5 Å². The van der Waals surface area contributed by atoms with Crippen molar-refractivity contribution in [1.82, 2.24) is 28.7 Å². The zero-order valence-electron chi connectivity index (χ0n) is 37.3. The summed E-state index contributed by atoms with van der Waals surface area (Å²) in [5.74, 6) is 1.74.